The van der Waals surface area contributed by atoms with Crippen LogP contribution >= 0.6 is 11.3 Å². The molecule has 0 bridgehead atoms. The summed E-state index contributed by atoms with van der Waals surface area (Å²) in [5.74, 6) is 0.119. The van der Waals surface area contributed by atoms with Gasteiger partial charge in [0.05, 0.1) is 0 Å². The highest BCUT2D eigenvalue weighted by Crippen LogP contribution is 2.25. The molecule has 0 spiro atoms. The Kier molecular flexibility index (Phi) is 6.71. The van der Waals surface area contributed by atoms with Crippen LogP contribution in [0, 0.1) is 0 Å². The van der Waals surface area contributed by atoms with E-state index in [0.29, 0.717) is 32.6 Å². The number of aryl methyl sites for hydroxylation is 1. The van der Waals surface area contributed by atoms with Gasteiger partial charge in [0, 0.05) is 45.7 Å². The highest BCUT2D eigenvalue weighted by molar-refractivity contribution is 7.86. The van der Waals surface area contributed by atoms with Gasteiger partial charge in [-0.2, -0.15) is 28.4 Å². The zero-order valence-electron chi connectivity index (χ0n) is 15.5. The highest BCUT2D eigenvalue weighted by atomic mass is 32.2. The number of hydrogen-bond acceptors (Lipinski definition) is 4. The number of carbonyl (C=O) groups excluding carboxylic acids is 1. The maximum Gasteiger partial charge on any atom is 0.282 e. The third kappa shape index (κ3) is 4.65. The van der Waals surface area contributed by atoms with Crippen molar-refractivity contribution in [1.82, 2.24) is 13.5 Å². The molecule has 3 rings (SSSR count). The molecule has 0 unspecified atom stereocenters. The van der Waals surface area contributed by atoms with E-state index < -0.39 is 10.2 Å². The van der Waals surface area contributed by atoms with E-state index in [1.807, 2.05) is 11.4 Å². The molecule has 0 N–H and O–H groups in total. The number of hydrogen-bond donors (Lipinski definition) is 0. The Morgan fingerprint density at radius 1 is 1.19 bits per heavy atom. The predicted octanol–water partition coefficient (Wildman–Crippen LogP) is 2.33. The van der Waals surface area contributed by atoms with Crippen molar-refractivity contribution < 1.29 is 13.2 Å². The van der Waals surface area contributed by atoms with Crippen LogP contribution in [-0.4, -0.2) is 67.1 Å². The second-order valence-electron chi connectivity index (χ2n) is 7.23. The molecule has 8 heteroatoms. The van der Waals surface area contributed by atoms with Crippen molar-refractivity contribution in [1.29, 1.82) is 0 Å². The van der Waals surface area contributed by atoms with Crippen molar-refractivity contribution in [3.63, 3.8) is 0 Å². The number of carbonyl (C=O) groups is 1. The molecule has 1 aliphatic carbocycles. The second kappa shape index (κ2) is 8.82. The smallest absolute Gasteiger partial charge is 0.282 e. The van der Waals surface area contributed by atoms with Crippen molar-refractivity contribution in [2.75, 3.05) is 33.2 Å². The van der Waals surface area contributed by atoms with Gasteiger partial charge in [-0.1, -0.05) is 19.3 Å². The van der Waals surface area contributed by atoms with Crippen molar-refractivity contribution in [3.05, 3.63) is 22.4 Å². The SMILES string of the molecule is CN(C1CCCCC1)S(=O)(=O)N1CCN(C(=O)CCc2ccsc2)CC1. The predicted molar refractivity (Wildman–Crippen MR) is 104 cm³/mol. The van der Waals surface area contributed by atoms with Crippen LogP contribution in [0.5, 0.6) is 0 Å². The summed E-state index contributed by atoms with van der Waals surface area (Å²) in [6, 6.07) is 2.17. The summed E-state index contributed by atoms with van der Waals surface area (Å²) in [4.78, 5) is 14.2. The maximum absolute atomic E-state index is 12.9. The van der Waals surface area contributed by atoms with E-state index >= 15 is 0 Å². The lowest BCUT2D eigenvalue weighted by Crippen LogP contribution is -2.55. The lowest BCUT2D eigenvalue weighted by Gasteiger charge is -2.38. The second-order valence-corrected chi connectivity index (χ2v) is 10.00. The summed E-state index contributed by atoms with van der Waals surface area (Å²) in [5, 5.41) is 4.09. The van der Waals surface area contributed by atoms with E-state index in [2.05, 4.69) is 5.38 Å². The van der Waals surface area contributed by atoms with E-state index in [1.165, 1.54) is 12.0 Å². The number of thiophene rings is 1. The zero-order chi connectivity index (χ0) is 18.6. The molecule has 1 saturated heterocycles. The molecule has 2 fully saturated rings. The highest BCUT2D eigenvalue weighted by Gasteiger charge is 2.35. The topological polar surface area (TPSA) is 60.9 Å². The lowest BCUT2D eigenvalue weighted by molar-refractivity contribution is -0.132. The van der Waals surface area contributed by atoms with Gasteiger partial charge < -0.3 is 4.90 Å². The van der Waals surface area contributed by atoms with E-state index in [-0.39, 0.29) is 11.9 Å². The number of amides is 1. The molecule has 2 heterocycles. The van der Waals surface area contributed by atoms with Crippen LogP contribution in [0.1, 0.15) is 44.1 Å². The molecule has 0 atom stereocenters. The molecular weight excluding hydrogens is 370 g/mol. The van der Waals surface area contributed by atoms with Crippen LogP contribution in [0.15, 0.2) is 16.8 Å². The number of rotatable bonds is 6. The average Bonchev–Trinajstić information content (AvgIpc) is 3.20. The van der Waals surface area contributed by atoms with Crippen molar-refractivity contribution in [3.8, 4) is 0 Å². The first-order valence-electron chi connectivity index (χ1n) is 9.50. The Morgan fingerprint density at radius 2 is 1.88 bits per heavy atom. The van der Waals surface area contributed by atoms with Crippen LogP contribution in [-0.2, 0) is 21.4 Å². The van der Waals surface area contributed by atoms with Crippen LogP contribution in [0.3, 0.4) is 0 Å². The van der Waals surface area contributed by atoms with Crippen molar-refractivity contribution in [2.45, 2.75) is 51.0 Å². The fraction of sp³-hybridized carbons (Fsp3) is 0.722. The molecule has 2 aliphatic rings. The van der Waals surface area contributed by atoms with Crippen LogP contribution in [0.25, 0.3) is 0 Å². The van der Waals surface area contributed by atoms with Crippen LogP contribution in [0.4, 0.5) is 0 Å². The van der Waals surface area contributed by atoms with Gasteiger partial charge in [0.25, 0.3) is 10.2 Å². The van der Waals surface area contributed by atoms with Crippen molar-refractivity contribution >= 4 is 27.5 Å². The number of nitrogens with zero attached hydrogens (tertiary/aromatic N) is 3. The summed E-state index contributed by atoms with van der Waals surface area (Å²) in [5.41, 5.74) is 1.19. The van der Waals surface area contributed by atoms with Crippen LogP contribution < -0.4 is 0 Å². The molecule has 1 aromatic rings. The lowest BCUT2D eigenvalue weighted by atomic mass is 9.96. The summed E-state index contributed by atoms with van der Waals surface area (Å²) >= 11 is 1.64. The first kappa shape index (κ1) is 19.8. The van der Waals surface area contributed by atoms with E-state index in [0.717, 1.165) is 32.1 Å². The normalized spacial score (nSPS) is 20.6. The Bertz CT molecular complexity index is 677. The van der Waals surface area contributed by atoms with Gasteiger partial charge in [0.1, 0.15) is 0 Å². The minimum absolute atomic E-state index is 0.119. The molecule has 0 aromatic carbocycles. The quantitative estimate of drug-likeness (QED) is 0.738. The van der Waals surface area contributed by atoms with E-state index in [4.69, 9.17) is 0 Å². The van der Waals surface area contributed by atoms with Gasteiger partial charge in [-0.15, -0.1) is 0 Å². The third-order valence-corrected chi connectivity index (χ3v) is 8.35. The first-order chi connectivity index (χ1) is 12.5. The molecule has 1 saturated carbocycles. The third-order valence-electron chi connectivity index (χ3n) is 5.58. The molecular formula is C18H29N3O3S2. The Morgan fingerprint density at radius 3 is 2.50 bits per heavy atom. The minimum Gasteiger partial charge on any atom is -0.340 e. The van der Waals surface area contributed by atoms with Crippen LogP contribution in [0.2, 0.25) is 0 Å². The first-order valence-corrected chi connectivity index (χ1v) is 11.8. The standard InChI is InChI=1S/C18H29N3O3S2/c1-19(17-5-3-2-4-6-17)26(23,24)21-12-10-20(11-13-21)18(22)8-7-16-9-14-25-15-16/h9,14-15,17H,2-8,10-13H2,1H3. The summed E-state index contributed by atoms with van der Waals surface area (Å²) in [6.45, 7) is 1.76. The average molecular weight is 400 g/mol. The molecule has 146 valence electrons. The van der Waals surface area contributed by atoms with E-state index in [1.54, 1.807) is 31.9 Å². The molecule has 1 amide bonds. The van der Waals surface area contributed by atoms with Gasteiger partial charge in [0.15, 0.2) is 0 Å². The van der Waals surface area contributed by atoms with Gasteiger partial charge in [-0.25, -0.2) is 0 Å². The Labute approximate surface area is 161 Å². The summed E-state index contributed by atoms with van der Waals surface area (Å²) in [6.07, 6.45) is 6.58. The Balaban J connectivity index is 1.49. The van der Waals surface area contributed by atoms with E-state index in [9.17, 15) is 13.2 Å². The minimum atomic E-state index is -3.43. The monoisotopic (exact) mass is 399 g/mol. The Hall–Kier alpha value is -0.960. The van der Waals surface area contributed by atoms with Gasteiger partial charge >= 0.3 is 0 Å². The molecule has 1 aliphatic heterocycles. The van der Waals surface area contributed by atoms with Gasteiger partial charge in [0.2, 0.25) is 5.91 Å². The molecule has 1 aromatic heterocycles. The molecule has 6 nitrogen and oxygen atoms in total. The molecule has 26 heavy (non-hydrogen) atoms. The van der Waals surface area contributed by atoms with Crippen molar-refractivity contribution in [2.24, 2.45) is 0 Å². The fourth-order valence-corrected chi connectivity index (χ4v) is 6.11. The van der Waals surface area contributed by atoms with Gasteiger partial charge in [-0.05, 0) is 41.7 Å². The molecule has 0 radical (unpaired) electrons. The summed E-state index contributed by atoms with van der Waals surface area (Å²) < 4.78 is 28.9. The van der Waals surface area contributed by atoms with Gasteiger partial charge in [-0.3, -0.25) is 4.79 Å². The number of piperazine rings is 1. The fourth-order valence-electron chi connectivity index (χ4n) is 3.83. The zero-order valence-corrected chi connectivity index (χ0v) is 17.1. The largest absolute Gasteiger partial charge is 0.340 e. The summed E-state index contributed by atoms with van der Waals surface area (Å²) in [7, 11) is -1.72. The maximum atomic E-state index is 12.9.